The van der Waals surface area contributed by atoms with Crippen molar-refractivity contribution in [1.29, 1.82) is 0 Å². The molecular weight excluding hydrogens is 241 g/mol. The zero-order valence-corrected chi connectivity index (χ0v) is 12.3. The van der Waals surface area contributed by atoms with Crippen LogP contribution in [0.2, 0.25) is 0 Å². The minimum Gasteiger partial charge on any atom is -0.478 e. The smallest absolute Gasteiger partial charge is 0.478 e. The van der Waals surface area contributed by atoms with Gasteiger partial charge in [0.1, 0.15) is 6.54 Å². The van der Waals surface area contributed by atoms with Crippen LogP contribution in [0.5, 0.6) is 0 Å². The van der Waals surface area contributed by atoms with E-state index in [0.29, 0.717) is 12.8 Å². The fraction of sp³-hybridized carbons (Fsp3) is 0.727. The van der Waals surface area contributed by atoms with Crippen LogP contribution in [0.4, 0.5) is 0 Å². The predicted molar refractivity (Wildman–Crippen MR) is 69.4 cm³/mol. The van der Waals surface area contributed by atoms with E-state index in [1.54, 1.807) is 0 Å². The molecule has 0 amide bonds. The summed E-state index contributed by atoms with van der Waals surface area (Å²) in [6, 6.07) is 0. The summed E-state index contributed by atoms with van der Waals surface area (Å²) in [6.45, 7) is 7.96. The van der Waals surface area contributed by atoms with E-state index in [1.165, 1.54) is 6.92 Å². The molecule has 0 bridgehead atoms. The number of carbonyl (C=O) groups is 1. The van der Waals surface area contributed by atoms with Crippen LogP contribution in [0.15, 0.2) is 12.2 Å². The second-order valence-corrected chi connectivity index (χ2v) is 6.14. The van der Waals surface area contributed by atoms with Crippen LogP contribution in [-0.2, 0) is 13.9 Å². The van der Waals surface area contributed by atoms with E-state index in [0.717, 1.165) is 11.0 Å². The van der Waals surface area contributed by atoms with Crippen molar-refractivity contribution < 1.29 is 23.5 Å². The number of aliphatic carboxylic acids is 1. The molecule has 0 saturated carbocycles. The maximum Gasteiger partial charge on any atom is 0.507 e. The Bertz CT molecular complexity index is 259. The Hall–Kier alpha value is -0.770. The normalized spacial score (nSPS) is 11.2. The summed E-state index contributed by atoms with van der Waals surface area (Å²) in [4.78, 5) is 9.60. The van der Waals surface area contributed by atoms with Crippen molar-refractivity contribution in [2.75, 3.05) is 40.5 Å². The lowest BCUT2D eigenvalue weighted by Gasteiger charge is -2.21. The highest BCUT2D eigenvalue weighted by molar-refractivity contribution is 7.39. The molecule has 0 fully saturated rings. The number of likely N-dealkylation sites (N-methyl/N-ethyl adjacent to an activating group) is 1. The van der Waals surface area contributed by atoms with Crippen molar-refractivity contribution in [3.8, 4) is 0 Å². The molecule has 1 N–H and O–H groups in total. The Morgan fingerprint density at radius 1 is 1.41 bits per heavy atom. The Kier molecular flexibility index (Phi) is 10.1. The SMILES string of the molecule is C=C(C)C(=O)O.CC[P+](=O)OCC[N+](C)(C)C. The summed E-state index contributed by atoms with van der Waals surface area (Å²) in [5.41, 5.74) is 0.176. The Morgan fingerprint density at radius 3 is 2.06 bits per heavy atom. The number of hydrogen-bond donors (Lipinski definition) is 1. The van der Waals surface area contributed by atoms with Crippen LogP contribution in [0.1, 0.15) is 13.8 Å². The van der Waals surface area contributed by atoms with E-state index >= 15 is 0 Å². The number of rotatable bonds is 6. The van der Waals surface area contributed by atoms with Gasteiger partial charge in [0.05, 0.1) is 21.1 Å². The molecule has 0 aromatic heterocycles. The van der Waals surface area contributed by atoms with Gasteiger partial charge in [-0.15, -0.1) is 4.52 Å². The molecule has 0 heterocycles. The quantitative estimate of drug-likeness (QED) is 0.454. The average Bonchev–Trinajstić information content (AvgIpc) is 2.16. The molecule has 0 saturated heterocycles. The second kappa shape index (κ2) is 9.28. The van der Waals surface area contributed by atoms with Crippen LogP contribution < -0.4 is 0 Å². The van der Waals surface area contributed by atoms with E-state index in [9.17, 15) is 9.36 Å². The van der Waals surface area contributed by atoms with Crippen molar-refractivity contribution in [2.24, 2.45) is 0 Å². The molecule has 0 rings (SSSR count). The molecule has 6 heteroatoms. The van der Waals surface area contributed by atoms with Crippen molar-refractivity contribution in [3.05, 3.63) is 12.2 Å². The fourth-order valence-electron chi connectivity index (χ4n) is 0.508. The zero-order chi connectivity index (χ0) is 14.1. The molecule has 0 aliphatic carbocycles. The standard InChI is InChI=1S/C7H18NO2P.C4H6O2/c1-5-11(9)10-7-6-8(2,3)4;1-3(2)4(5)6/h5-7H2,1-4H3;1H2,2H3,(H,5,6)/q+2;. The number of quaternary nitrogens is 1. The van der Waals surface area contributed by atoms with Gasteiger partial charge in [0.15, 0.2) is 12.8 Å². The topological polar surface area (TPSA) is 63.6 Å². The van der Waals surface area contributed by atoms with Gasteiger partial charge in [-0.3, -0.25) is 0 Å². The third-order valence-corrected chi connectivity index (χ3v) is 2.61. The van der Waals surface area contributed by atoms with E-state index < -0.39 is 14.0 Å². The van der Waals surface area contributed by atoms with Crippen molar-refractivity contribution in [2.45, 2.75) is 13.8 Å². The van der Waals surface area contributed by atoms with Gasteiger partial charge in [0.25, 0.3) is 0 Å². The Balaban J connectivity index is 0. The molecular formula is C11H24NO4P+2. The number of carboxylic acids is 1. The summed E-state index contributed by atoms with van der Waals surface area (Å²) in [5.74, 6) is -0.935. The van der Waals surface area contributed by atoms with E-state index in [1.807, 2.05) is 6.92 Å². The molecule has 0 radical (unpaired) electrons. The first-order chi connectivity index (χ1) is 7.60. The lowest BCUT2D eigenvalue weighted by Crippen LogP contribution is -2.37. The van der Waals surface area contributed by atoms with E-state index in [-0.39, 0.29) is 5.57 Å². The summed E-state index contributed by atoms with van der Waals surface area (Å²) in [7, 11) is 4.87. The summed E-state index contributed by atoms with van der Waals surface area (Å²) >= 11 is 0. The molecule has 0 spiro atoms. The van der Waals surface area contributed by atoms with Gasteiger partial charge in [0.2, 0.25) is 0 Å². The van der Waals surface area contributed by atoms with E-state index in [2.05, 4.69) is 27.7 Å². The number of hydrogen-bond acceptors (Lipinski definition) is 3. The van der Waals surface area contributed by atoms with Gasteiger partial charge in [-0.05, 0) is 18.4 Å². The lowest BCUT2D eigenvalue weighted by molar-refractivity contribution is -0.870. The summed E-state index contributed by atoms with van der Waals surface area (Å²) in [6.07, 6.45) is 0.618. The minimum atomic E-state index is -1.39. The Labute approximate surface area is 105 Å². The first-order valence-electron chi connectivity index (χ1n) is 5.37. The molecule has 1 atom stereocenters. The van der Waals surface area contributed by atoms with Gasteiger partial charge in [-0.25, -0.2) is 4.79 Å². The van der Waals surface area contributed by atoms with Gasteiger partial charge in [0, 0.05) is 5.57 Å². The molecule has 1 unspecified atom stereocenters. The van der Waals surface area contributed by atoms with Crippen LogP contribution in [0.3, 0.4) is 0 Å². The number of nitrogens with zero attached hydrogens (tertiary/aromatic N) is 1. The monoisotopic (exact) mass is 265 g/mol. The maximum absolute atomic E-state index is 10.8. The summed E-state index contributed by atoms with van der Waals surface area (Å²) < 4.78 is 16.7. The largest absolute Gasteiger partial charge is 0.507 e. The van der Waals surface area contributed by atoms with Gasteiger partial charge in [-0.1, -0.05) is 6.58 Å². The van der Waals surface area contributed by atoms with Gasteiger partial charge < -0.3 is 9.59 Å². The van der Waals surface area contributed by atoms with Crippen LogP contribution >= 0.6 is 8.03 Å². The third-order valence-electron chi connectivity index (χ3n) is 1.62. The van der Waals surface area contributed by atoms with Crippen molar-refractivity contribution in [3.63, 3.8) is 0 Å². The van der Waals surface area contributed by atoms with Crippen molar-refractivity contribution in [1.82, 2.24) is 0 Å². The van der Waals surface area contributed by atoms with Crippen LogP contribution in [-0.4, -0.2) is 56.0 Å². The second-order valence-electron chi connectivity index (χ2n) is 4.58. The highest BCUT2D eigenvalue weighted by Gasteiger charge is 2.15. The van der Waals surface area contributed by atoms with Gasteiger partial charge >= 0.3 is 14.0 Å². The van der Waals surface area contributed by atoms with Crippen LogP contribution in [0.25, 0.3) is 0 Å². The van der Waals surface area contributed by atoms with Crippen LogP contribution in [0, 0.1) is 0 Å². The predicted octanol–water partition coefficient (Wildman–Crippen LogP) is 2.12. The maximum atomic E-state index is 10.8. The first kappa shape index (κ1) is 18.6. The highest BCUT2D eigenvalue weighted by atomic mass is 31.1. The highest BCUT2D eigenvalue weighted by Crippen LogP contribution is 2.20. The molecule has 0 aromatic carbocycles. The lowest BCUT2D eigenvalue weighted by atomic mass is 10.4. The molecule has 0 aliphatic rings. The van der Waals surface area contributed by atoms with Crippen molar-refractivity contribution >= 4 is 14.0 Å². The average molecular weight is 265 g/mol. The molecule has 100 valence electrons. The zero-order valence-electron chi connectivity index (χ0n) is 11.4. The molecule has 0 aromatic rings. The minimum absolute atomic E-state index is 0.176. The molecule has 5 nitrogen and oxygen atoms in total. The Morgan fingerprint density at radius 2 is 1.82 bits per heavy atom. The fourth-order valence-corrected chi connectivity index (χ4v) is 0.976. The number of carboxylic acid groups (broad SMARTS) is 1. The third kappa shape index (κ3) is 17.8. The molecule has 17 heavy (non-hydrogen) atoms. The summed E-state index contributed by atoms with van der Waals surface area (Å²) in [5, 5.41) is 7.89. The molecule has 0 aliphatic heterocycles. The first-order valence-corrected chi connectivity index (χ1v) is 6.73. The van der Waals surface area contributed by atoms with Gasteiger partial charge in [-0.2, -0.15) is 0 Å². The van der Waals surface area contributed by atoms with E-state index in [4.69, 9.17) is 9.63 Å².